The molecule has 1 nitrogen and oxygen atoms in total. The molecule has 0 heterocycles. The van der Waals surface area contributed by atoms with Crippen LogP contribution in [-0.2, 0) is 5.75 Å². The largest absolute Gasteiger partial charge is 0.399 e. The van der Waals surface area contributed by atoms with Gasteiger partial charge >= 0.3 is 0 Å². The first kappa shape index (κ1) is 13.4. The lowest BCUT2D eigenvalue weighted by Crippen LogP contribution is -1.89. The van der Waals surface area contributed by atoms with Crippen molar-refractivity contribution in [3.8, 4) is 0 Å². The minimum absolute atomic E-state index is 0.648. The molecule has 2 N–H and O–H groups in total. The summed E-state index contributed by atoms with van der Waals surface area (Å²) >= 11 is 4.79. The van der Waals surface area contributed by atoms with E-state index < -0.39 is 11.6 Å². The molecule has 0 radical (unpaired) electrons. The topological polar surface area (TPSA) is 26.0 Å². The van der Waals surface area contributed by atoms with Gasteiger partial charge in [-0.05, 0) is 42.0 Å². The molecule has 0 fully saturated rings. The van der Waals surface area contributed by atoms with Crippen LogP contribution < -0.4 is 5.73 Å². The highest BCUT2D eigenvalue weighted by Gasteiger charge is 2.04. The average molecular weight is 330 g/mol. The maximum atomic E-state index is 13.0. The van der Waals surface area contributed by atoms with Gasteiger partial charge in [0.1, 0.15) is 0 Å². The van der Waals surface area contributed by atoms with Gasteiger partial charge < -0.3 is 5.73 Å². The van der Waals surface area contributed by atoms with Crippen LogP contribution in [0.4, 0.5) is 14.5 Å². The van der Waals surface area contributed by atoms with E-state index in [9.17, 15) is 8.78 Å². The zero-order valence-electron chi connectivity index (χ0n) is 9.29. The van der Waals surface area contributed by atoms with E-state index in [1.165, 1.54) is 17.8 Å². The molecular formula is C13H10BrF2NS. The van der Waals surface area contributed by atoms with Crippen molar-refractivity contribution in [3.05, 3.63) is 58.1 Å². The van der Waals surface area contributed by atoms with Crippen molar-refractivity contribution in [3.63, 3.8) is 0 Å². The summed E-state index contributed by atoms with van der Waals surface area (Å²) in [6.07, 6.45) is 0. The van der Waals surface area contributed by atoms with Crippen LogP contribution >= 0.6 is 27.7 Å². The number of nitrogens with two attached hydrogens (primary N) is 1. The number of benzene rings is 2. The summed E-state index contributed by atoms with van der Waals surface area (Å²) in [6, 6.07) is 9.51. The van der Waals surface area contributed by atoms with E-state index in [-0.39, 0.29) is 0 Å². The van der Waals surface area contributed by atoms with E-state index >= 15 is 0 Å². The lowest BCUT2D eigenvalue weighted by molar-refractivity contribution is 0.506. The van der Waals surface area contributed by atoms with Crippen LogP contribution in [0.15, 0.2) is 45.8 Å². The molecule has 5 heteroatoms. The van der Waals surface area contributed by atoms with Gasteiger partial charge in [0.15, 0.2) is 11.6 Å². The van der Waals surface area contributed by atoms with Gasteiger partial charge in [0.05, 0.1) is 0 Å². The molecule has 94 valence electrons. The zero-order chi connectivity index (χ0) is 13.1. The van der Waals surface area contributed by atoms with Crippen molar-refractivity contribution in [2.75, 3.05) is 5.73 Å². The SMILES string of the molecule is Nc1cc(Br)cc(CSc2ccc(F)c(F)c2)c1. The normalized spacial score (nSPS) is 10.6. The fourth-order valence-corrected chi connectivity index (χ4v) is 2.90. The van der Waals surface area contributed by atoms with Crippen molar-refractivity contribution >= 4 is 33.4 Å². The molecule has 0 amide bonds. The van der Waals surface area contributed by atoms with Gasteiger partial charge in [-0.3, -0.25) is 0 Å². The van der Waals surface area contributed by atoms with Crippen LogP contribution in [-0.4, -0.2) is 0 Å². The molecule has 0 aliphatic rings. The van der Waals surface area contributed by atoms with Gasteiger partial charge in [0.2, 0.25) is 0 Å². The van der Waals surface area contributed by atoms with Crippen molar-refractivity contribution in [1.29, 1.82) is 0 Å². The first-order chi connectivity index (χ1) is 8.54. The van der Waals surface area contributed by atoms with Crippen LogP contribution in [0.25, 0.3) is 0 Å². The number of halogens is 3. The molecule has 0 unspecified atom stereocenters. The smallest absolute Gasteiger partial charge is 0.159 e. The second kappa shape index (κ2) is 5.71. The molecule has 0 atom stereocenters. The van der Waals surface area contributed by atoms with E-state index in [0.29, 0.717) is 16.3 Å². The fourth-order valence-electron chi connectivity index (χ4n) is 1.49. The van der Waals surface area contributed by atoms with E-state index in [1.54, 1.807) is 6.07 Å². The zero-order valence-corrected chi connectivity index (χ0v) is 11.7. The van der Waals surface area contributed by atoms with Crippen molar-refractivity contribution < 1.29 is 8.78 Å². The molecule has 2 aromatic rings. The first-order valence-corrected chi connectivity index (χ1v) is 6.95. The van der Waals surface area contributed by atoms with Gasteiger partial charge in [0, 0.05) is 20.8 Å². The Kier molecular flexibility index (Phi) is 4.24. The Labute approximate surface area is 117 Å². The summed E-state index contributed by atoms with van der Waals surface area (Å²) in [7, 11) is 0. The van der Waals surface area contributed by atoms with Crippen LogP contribution in [0, 0.1) is 11.6 Å². The van der Waals surface area contributed by atoms with Crippen molar-refractivity contribution in [1.82, 2.24) is 0 Å². The molecule has 2 aromatic carbocycles. The summed E-state index contributed by atoms with van der Waals surface area (Å²) in [6.45, 7) is 0. The quantitative estimate of drug-likeness (QED) is 0.657. The fraction of sp³-hybridized carbons (Fsp3) is 0.0769. The molecule has 0 saturated carbocycles. The summed E-state index contributed by atoms with van der Waals surface area (Å²) in [5.74, 6) is -1.01. The number of anilines is 1. The predicted molar refractivity (Wildman–Crippen MR) is 74.5 cm³/mol. The highest BCUT2D eigenvalue weighted by molar-refractivity contribution is 9.10. The summed E-state index contributed by atoms with van der Waals surface area (Å²) in [5.41, 5.74) is 7.42. The van der Waals surface area contributed by atoms with E-state index in [1.807, 2.05) is 18.2 Å². The lowest BCUT2D eigenvalue weighted by atomic mass is 10.2. The number of hydrogen-bond acceptors (Lipinski definition) is 2. The molecular weight excluding hydrogens is 320 g/mol. The molecule has 2 rings (SSSR count). The van der Waals surface area contributed by atoms with E-state index in [4.69, 9.17) is 5.73 Å². The summed E-state index contributed by atoms with van der Waals surface area (Å²) in [4.78, 5) is 0.687. The lowest BCUT2D eigenvalue weighted by Gasteiger charge is -2.05. The Bertz CT molecular complexity index is 555. The van der Waals surface area contributed by atoms with Crippen molar-refractivity contribution in [2.24, 2.45) is 0 Å². The summed E-state index contributed by atoms with van der Waals surface area (Å²) in [5, 5.41) is 0. The van der Waals surface area contributed by atoms with Crippen LogP contribution in [0.5, 0.6) is 0 Å². The Morgan fingerprint density at radius 2 is 1.83 bits per heavy atom. The number of rotatable bonds is 3. The second-order valence-corrected chi connectivity index (χ2v) is 5.72. The Morgan fingerprint density at radius 1 is 1.06 bits per heavy atom. The molecule has 0 spiro atoms. The van der Waals surface area contributed by atoms with Crippen LogP contribution in [0.3, 0.4) is 0 Å². The third-order valence-electron chi connectivity index (χ3n) is 2.28. The van der Waals surface area contributed by atoms with Crippen molar-refractivity contribution in [2.45, 2.75) is 10.6 Å². The van der Waals surface area contributed by atoms with E-state index in [2.05, 4.69) is 15.9 Å². The predicted octanol–water partition coefficient (Wildman–Crippen LogP) is 4.60. The molecule has 0 aromatic heterocycles. The highest BCUT2D eigenvalue weighted by Crippen LogP contribution is 2.26. The standard InChI is InChI=1S/C13H10BrF2NS/c14-9-3-8(4-10(17)5-9)7-18-11-1-2-12(15)13(16)6-11/h1-6H,7,17H2. The Balaban J connectivity index is 2.08. The molecule has 0 aliphatic heterocycles. The van der Waals surface area contributed by atoms with Gasteiger partial charge in [-0.25, -0.2) is 8.78 Å². The second-order valence-electron chi connectivity index (χ2n) is 3.76. The molecule has 0 aliphatic carbocycles. The van der Waals surface area contributed by atoms with Crippen LogP contribution in [0.2, 0.25) is 0 Å². The number of hydrogen-bond donors (Lipinski definition) is 1. The van der Waals surface area contributed by atoms with Crippen LogP contribution in [0.1, 0.15) is 5.56 Å². The van der Waals surface area contributed by atoms with Gasteiger partial charge in [-0.15, -0.1) is 11.8 Å². The van der Waals surface area contributed by atoms with E-state index in [0.717, 1.165) is 16.1 Å². The highest BCUT2D eigenvalue weighted by atomic mass is 79.9. The number of nitrogen functional groups attached to an aromatic ring is 1. The van der Waals surface area contributed by atoms with Gasteiger partial charge in [-0.2, -0.15) is 0 Å². The number of thioether (sulfide) groups is 1. The third-order valence-corrected chi connectivity index (χ3v) is 3.80. The first-order valence-electron chi connectivity index (χ1n) is 5.17. The Morgan fingerprint density at radius 3 is 2.50 bits per heavy atom. The molecule has 0 bridgehead atoms. The third kappa shape index (κ3) is 3.46. The summed E-state index contributed by atoms with van der Waals surface area (Å²) < 4.78 is 26.7. The van der Waals surface area contributed by atoms with Gasteiger partial charge in [0.25, 0.3) is 0 Å². The minimum atomic E-state index is -0.828. The Hall–Kier alpha value is -1.07. The minimum Gasteiger partial charge on any atom is -0.399 e. The monoisotopic (exact) mass is 329 g/mol. The molecule has 0 saturated heterocycles. The van der Waals surface area contributed by atoms with Gasteiger partial charge in [-0.1, -0.05) is 15.9 Å². The molecule has 18 heavy (non-hydrogen) atoms. The maximum Gasteiger partial charge on any atom is 0.159 e. The maximum absolute atomic E-state index is 13.0. The average Bonchev–Trinajstić information content (AvgIpc) is 2.29.